The SMILES string of the molecule is CC1CCCC(NC(=O)NCC(C)(C)N(C)C)(C(=O)O)C1. The minimum Gasteiger partial charge on any atom is -0.480 e. The molecule has 1 rings (SSSR count). The lowest BCUT2D eigenvalue weighted by Gasteiger charge is -2.38. The average molecular weight is 299 g/mol. The van der Waals surface area contributed by atoms with Gasteiger partial charge in [0.25, 0.3) is 0 Å². The van der Waals surface area contributed by atoms with Crippen molar-refractivity contribution < 1.29 is 14.7 Å². The zero-order chi connectivity index (χ0) is 16.3. The summed E-state index contributed by atoms with van der Waals surface area (Å²) in [6, 6.07) is -0.401. The van der Waals surface area contributed by atoms with Crippen molar-refractivity contribution in [1.29, 1.82) is 0 Å². The molecule has 0 aromatic heterocycles. The number of rotatable bonds is 5. The van der Waals surface area contributed by atoms with Gasteiger partial charge in [0.1, 0.15) is 5.54 Å². The minimum atomic E-state index is -1.12. The predicted molar refractivity (Wildman–Crippen MR) is 82.3 cm³/mol. The van der Waals surface area contributed by atoms with Crippen molar-refractivity contribution in [2.24, 2.45) is 5.92 Å². The highest BCUT2D eigenvalue weighted by molar-refractivity contribution is 5.86. The molecule has 2 amide bonds. The Labute approximate surface area is 127 Å². The van der Waals surface area contributed by atoms with Gasteiger partial charge in [-0.1, -0.05) is 19.8 Å². The van der Waals surface area contributed by atoms with Crippen LogP contribution in [-0.4, -0.2) is 53.7 Å². The van der Waals surface area contributed by atoms with Gasteiger partial charge in [-0.2, -0.15) is 0 Å². The molecule has 0 bridgehead atoms. The first-order chi connectivity index (χ1) is 9.59. The van der Waals surface area contributed by atoms with Crippen molar-refractivity contribution in [1.82, 2.24) is 15.5 Å². The number of hydrogen-bond acceptors (Lipinski definition) is 3. The normalized spacial score (nSPS) is 26.5. The van der Waals surface area contributed by atoms with E-state index < -0.39 is 17.5 Å². The van der Waals surface area contributed by atoms with E-state index in [1.807, 2.05) is 39.8 Å². The Kier molecular flexibility index (Phi) is 5.61. The number of aliphatic carboxylic acids is 1. The number of urea groups is 1. The standard InChI is InChI=1S/C15H29N3O3/c1-11-7-6-8-15(9-11,12(19)20)17-13(21)16-10-14(2,3)18(4)5/h11H,6-10H2,1-5H3,(H,19,20)(H2,16,17,21). The molecule has 6 nitrogen and oxygen atoms in total. The second-order valence-corrected chi connectivity index (χ2v) is 7.10. The molecule has 0 spiro atoms. The van der Waals surface area contributed by atoms with Gasteiger partial charge in [0.05, 0.1) is 0 Å². The number of amides is 2. The summed E-state index contributed by atoms with van der Waals surface area (Å²) in [6.07, 6.45) is 2.84. The molecule has 0 aromatic rings. The quantitative estimate of drug-likeness (QED) is 0.721. The molecule has 0 aliphatic heterocycles. The predicted octanol–water partition coefficient (Wildman–Crippen LogP) is 1.66. The molecule has 0 saturated heterocycles. The first-order valence-corrected chi connectivity index (χ1v) is 7.56. The molecule has 2 atom stereocenters. The monoisotopic (exact) mass is 299 g/mol. The fourth-order valence-electron chi connectivity index (χ4n) is 2.63. The van der Waals surface area contributed by atoms with Crippen LogP contribution in [0, 0.1) is 5.92 Å². The smallest absolute Gasteiger partial charge is 0.329 e. The Bertz CT molecular complexity index is 396. The first-order valence-electron chi connectivity index (χ1n) is 7.56. The van der Waals surface area contributed by atoms with Crippen molar-refractivity contribution in [2.45, 2.75) is 57.5 Å². The highest BCUT2D eigenvalue weighted by atomic mass is 16.4. The fraction of sp³-hybridized carbons (Fsp3) is 0.867. The van der Waals surface area contributed by atoms with Crippen LogP contribution in [0.15, 0.2) is 0 Å². The van der Waals surface area contributed by atoms with E-state index in [0.717, 1.165) is 12.8 Å². The number of carbonyl (C=O) groups is 2. The van der Waals surface area contributed by atoms with Crippen LogP contribution >= 0.6 is 0 Å². The molecule has 1 aliphatic carbocycles. The number of hydrogen-bond donors (Lipinski definition) is 3. The summed E-state index contributed by atoms with van der Waals surface area (Å²) < 4.78 is 0. The van der Waals surface area contributed by atoms with Crippen molar-refractivity contribution in [2.75, 3.05) is 20.6 Å². The maximum atomic E-state index is 12.1. The molecule has 6 heteroatoms. The summed E-state index contributed by atoms with van der Waals surface area (Å²) in [5.41, 5.74) is -1.31. The number of likely N-dealkylation sites (N-methyl/N-ethyl adjacent to an activating group) is 1. The van der Waals surface area contributed by atoms with Crippen LogP contribution in [0.3, 0.4) is 0 Å². The maximum Gasteiger partial charge on any atom is 0.329 e. The average Bonchev–Trinajstić information content (AvgIpc) is 2.36. The van der Waals surface area contributed by atoms with E-state index in [1.54, 1.807) is 0 Å². The third-order valence-electron chi connectivity index (χ3n) is 4.65. The molecule has 1 fully saturated rings. The Morgan fingerprint density at radius 3 is 2.48 bits per heavy atom. The van der Waals surface area contributed by atoms with Crippen LogP contribution in [0.1, 0.15) is 46.5 Å². The lowest BCUT2D eigenvalue weighted by atomic mass is 9.76. The third-order valence-corrected chi connectivity index (χ3v) is 4.65. The molecular formula is C15H29N3O3. The van der Waals surface area contributed by atoms with E-state index in [4.69, 9.17) is 0 Å². The fourth-order valence-corrected chi connectivity index (χ4v) is 2.63. The number of carbonyl (C=O) groups excluding carboxylic acids is 1. The number of carboxylic acid groups (broad SMARTS) is 1. The van der Waals surface area contributed by atoms with Gasteiger partial charge < -0.3 is 20.6 Å². The van der Waals surface area contributed by atoms with Crippen molar-refractivity contribution in [3.8, 4) is 0 Å². The van der Waals surface area contributed by atoms with E-state index in [0.29, 0.717) is 25.3 Å². The molecule has 21 heavy (non-hydrogen) atoms. The van der Waals surface area contributed by atoms with E-state index >= 15 is 0 Å². The Morgan fingerprint density at radius 1 is 1.38 bits per heavy atom. The van der Waals surface area contributed by atoms with E-state index in [-0.39, 0.29) is 5.54 Å². The maximum absolute atomic E-state index is 12.1. The van der Waals surface area contributed by atoms with Gasteiger partial charge in [0, 0.05) is 12.1 Å². The summed E-state index contributed by atoms with van der Waals surface area (Å²) in [4.78, 5) is 25.7. The lowest BCUT2D eigenvalue weighted by molar-refractivity contribution is -0.146. The molecule has 2 unspecified atom stereocenters. The van der Waals surface area contributed by atoms with E-state index in [2.05, 4.69) is 10.6 Å². The molecule has 0 radical (unpaired) electrons. The highest BCUT2D eigenvalue weighted by Crippen LogP contribution is 2.32. The summed E-state index contributed by atoms with van der Waals surface area (Å²) in [7, 11) is 3.89. The highest BCUT2D eigenvalue weighted by Gasteiger charge is 2.43. The minimum absolute atomic E-state index is 0.187. The van der Waals surface area contributed by atoms with Crippen molar-refractivity contribution >= 4 is 12.0 Å². The Morgan fingerprint density at radius 2 is 2.00 bits per heavy atom. The summed E-state index contributed by atoms with van der Waals surface area (Å²) in [6.45, 7) is 6.52. The molecule has 0 aromatic carbocycles. The zero-order valence-electron chi connectivity index (χ0n) is 13.8. The van der Waals surface area contributed by atoms with Gasteiger partial charge in [-0.3, -0.25) is 0 Å². The van der Waals surface area contributed by atoms with Gasteiger partial charge in [0.15, 0.2) is 0 Å². The second-order valence-electron chi connectivity index (χ2n) is 7.10. The summed E-state index contributed by atoms with van der Waals surface area (Å²) in [5.74, 6) is -0.621. The van der Waals surface area contributed by atoms with Gasteiger partial charge in [-0.25, -0.2) is 9.59 Å². The van der Waals surface area contributed by atoms with Gasteiger partial charge >= 0.3 is 12.0 Å². The third kappa shape index (κ3) is 4.59. The second kappa shape index (κ2) is 6.64. The van der Waals surface area contributed by atoms with Gasteiger partial charge in [-0.15, -0.1) is 0 Å². The van der Waals surface area contributed by atoms with Crippen molar-refractivity contribution in [3.63, 3.8) is 0 Å². The van der Waals surface area contributed by atoms with Crippen LogP contribution in [0.5, 0.6) is 0 Å². The molecule has 1 aliphatic rings. The zero-order valence-corrected chi connectivity index (χ0v) is 13.8. The number of nitrogens with one attached hydrogen (secondary N) is 2. The van der Waals surface area contributed by atoms with Crippen LogP contribution < -0.4 is 10.6 Å². The van der Waals surface area contributed by atoms with Gasteiger partial charge in [-0.05, 0) is 46.7 Å². The molecule has 122 valence electrons. The topological polar surface area (TPSA) is 81.7 Å². The summed E-state index contributed by atoms with van der Waals surface area (Å²) >= 11 is 0. The van der Waals surface area contributed by atoms with Crippen LogP contribution in [0.25, 0.3) is 0 Å². The largest absolute Gasteiger partial charge is 0.480 e. The number of carboxylic acids is 1. The molecular weight excluding hydrogens is 270 g/mol. The van der Waals surface area contributed by atoms with Crippen LogP contribution in [0.4, 0.5) is 4.79 Å². The Balaban J connectivity index is 2.64. The van der Waals surface area contributed by atoms with Crippen molar-refractivity contribution in [3.05, 3.63) is 0 Å². The molecule has 0 heterocycles. The first kappa shape index (κ1) is 17.8. The van der Waals surface area contributed by atoms with E-state index in [1.165, 1.54) is 0 Å². The molecule has 1 saturated carbocycles. The van der Waals surface area contributed by atoms with Gasteiger partial charge in [0.2, 0.25) is 0 Å². The van der Waals surface area contributed by atoms with Crippen LogP contribution in [-0.2, 0) is 4.79 Å². The molecule has 3 N–H and O–H groups in total. The lowest BCUT2D eigenvalue weighted by Crippen LogP contribution is -2.60. The van der Waals surface area contributed by atoms with E-state index in [9.17, 15) is 14.7 Å². The van der Waals surface area contributed by atoms with Crippen LogP contribution in [0.2, 0.25) is 0 Å². The number of nitrogens with zero attached hydrogens (tertiary/aromatic N) is 1. The Hall–Kier alpha value is -1.30. The summed E-state index contributed by atoms with van der Waals surface area (Å²) in [5, 5.41) is 15.0.